The van der Waals surface area contributed by atoms with Gasteiger partial charge in [0.05, 0.1) is 39.0 Å². The van der Waals surface area contributed by atoms with E-state index in [1.165, 1.54) is 39.2 Å². The van der Waals surface area contributed by atoms with E-state index in [0.717, 1.165) is 57.5 Å². The van der Waals surface area contributed by atoms with Crippen molar-refractivity contribution in [2.45, 2.75) is 38.8 Å². The SMILES string of the molecule is CC[C@H]1CN(c2cnc(C(=O)OC)cn2)CCN1.CC[C@H]1CNCCN1.COC(=O)c1cnc(Cl)cn1. The van der Waals surface area contributed by atoms with Crippen LogP contribution in [0.1, 0.15) is 47.7 Å². The van der Waals surface area contributed by atoms with E-state index in [1.54, 1.807) is 6.20 Å². The van der Waals surface area contributed by atoms with Crippen molar-refractivity contribution in [2.24, 2.45) is 0 Å². The van der Waals surface area contributed by atoms with Crippen LogP contribution in [0.5, 0.6) is 0 Å². The third-order valence-electron chi connectivity index (χ3n) is 5.74. The number of esters is 2. The number of ether oxygens (including phenoxy) is 2. The number of carbonyl (C=O) groups is 2. The zero-order chi connectivity index (χ0) is 27.0. The maximum atomic E-state index is 11.3. The number of hydrogen-bond donors (Lipinski definition) is 3. The second-order valence-electron chi connectivity index (χ2n) is 8.24. The summed E-state index contributed by atoms with van der Waals surface area (Å²) in [5.41, 5.74) is 0.389. The molecule has 0 spiro atoms. The van der Waals surface area contributed by atoms with Crippen LogP contribution in [0.25, 0.3) is 0 Å². The summed E-state index contributed by atoms with van der Waals surface area (Å²) in [6.45, 7) is 10.6. The second kappa shape index (κ2) is 16.7. The quantitative estimate of drug-likeness (QED) is 0.474. The molecule has 0 saturated carbocycles. The number of hydrogen-bond acceptors (Lipinski definition) is 12. The third kappa shape index (κ3) is 10.5. The second-order valence-corrected chi connectivity index (χ2v) is 8.62. The summed E-state index contributed by atoms with van der Waals surface area (Å²) in [7, 11) is 2.61. The van der Waals surface area contributed by atoms with Gasteiger partial charge in [0, 0.05) is 51.4 Å². The molecule has 4 rings (SSSR count). The van der Waals surface area contributed by atoms with Gasteiger partial charge < -0.3 is 30.3 Å². The van der Waals surface area contributed by atoms with Crippen LogP contribution in [0.3, 0.4) is 0 Å². The van der Waals surface area contributed by atoms with Crippen molar-refractivity contribution in [2.75, 3.05) is 58.4 Å². The highest BCUT2D eigenvalue weighted by Crippen LogP contribution is 2.13. The summed E-state index contributed by atoms with van der Waals surface area (Å²) in [5.74, 6) is -0.169. The topological polar surface area (TPSA) is 143 Å². The van der Waals surface area contributed by atoms with Crippen molar-refractivity contribution in [3.63, 3.8) is 0 Å². The van der Waals surface area contributed by atoms with Gasteiger partial charge in [-0.05, 0) is 12.8 Å². The van der Waals surface area contributed by atoms with Crippen LogP contribution in [-0.2, 0) is 9.47 Å². The average Bonchev–Trinajstić information content (AvgIpc) is 2.98. The van der Waals surface area contributed by atoms with Crippen molar-refractivity contribution < 1.29 is 19.1 Å². The Balaban J connectivity index is 0.000000215. The molecule has 204 valence electrons. The molecular formula is C24H37ClN8O4. The highest BCUT2D eigenvalue weighted by molar-refractivity contribution is 6.29. The largest absolute Gasteiger partial charge is 0.464 e. The molecule has 0 aromatic carbocycles. The van der Waals surface area contributed by atoms with Crippen LogP contribution in [0.2, 0.25) is 5.15 Å². The van der Waals surface area contributed by atoms with Crippen LogP contribution in [0, 0.1) is 0 Å². The van der Waals surface area contributed by atoms with Crippen molar-refractivity contribution in [1.29, 1.82) is 0 Å². The first kappa shape index (κ1) is 30.3. The molecule has 2 aliphatic rings. The summed E-state index contributed by atoms with van der Waals surface area (Å²) < 4.78 is 8.98. The summed E-state index contributed by atoms with van der Waals surface area (Å²) >= 11 is 5.43. The minimum Gasteiger partial charge on any atom is -0.464 e. The molecule has 0 bridgehead atoms. The van der Waals surface area contributed by atoms with Gasteiger partial charge in [0.25, 0.3) is 0 Å². The number of carbonyl (C=O) groups excluding carboxylic acids is 2. The van der Waals surface area contributed by atoms with Gasteiger partial charge in [-0.3, -0.25) is 0 Å². The minimum absolute atomic E-state index is 0.150. The lowest BCUT2D eigenvalue weighted by atomic mass is 10.1. The van der Waals surface area contributed by atoms with Crippen molar-refractivity contribution >= 4 is 29.4 Å². The molecule has 37 heavy (non-hydrogen) atoms. The lowest BCUT2D eigenvalue weighted by molar-refractivity contribution is 0.0584. The number of halogens is 1. The van der Waals surface area contributed by atoms with E-state index in [1.807, 2.05) is 0 Å². The number of nitrogens with one attached hydrogen (secondary N) is 3. The van der Waals surface area contributed by atoms with Crippen LogP contribution in [0.4, 0.5) is 5.82 Å². The number of nitrogens with zero attached hydrogens (tertiary/aromatic N) is 5. The molecule has 13 heteroatoms. The first-order valence-electron chi connectivity index (χ1n) is 12.3. The van der Waals surface area contributed by atoms with Gasteiger partial charge in [0.2, 0.25) is 0 Å². The van der Waals surface area contributed by atoms with E-state index < -0.39 is 11.9 Å². The van der Waals surface area contributed by atoms with Gasteiger partial charge in [0.15, 0.2) is 11.4 Å². The Kier molecular flexibility index (Phi) is 13.7. The minimum atomic E-state index is -0.519. The molecule has 2 aromatic heterocycles. The van der Waals surface area contributed by atoms with Crippen LogP contribution in [-0.4, -0.2) is 97.4 Å². The van der Waals surface area contributed by atoms with Crippen molar-refractivity contribution in [1.82, 2.24) is 35.9 Å². The fourth-order valence-electron chi connectivity index (χ4n) is 3.53. The molecule has 0 unspecified atom stereocenters. The van der Waals surface area contributed by atoms with E-state index in [4.69, 9.17) is 11.6 Å². The Morgan fingerprint density at radius 3 is 1.97 bits per heavy atom. The van der Waals surface area contributed by atoms with E-state index in [2.05, 4.69) is 64.1 Å². The maximum absolute atomic E-state index is 11.3. The molecule has 4 heterocycles. The van der Waals surface area contributed by atoms with Gasteiger partial charge in [-0.15, -0.1) is 0 Å². The van der Waals surface area contributed by atoms with Crippen LogP contribution in [0.15, 0.2) is 24.8 Å². The normalized spacial score (nSPS) is 18.9. The Bertz CT molecular complexity index is 943. The molecule has 2 fully saturated rings. The third-order valence-corrected chi connectivity index (χ3v) is 5.93. The molecule has 2 atom stereocenters. The Hall–Kier alpha value is -2.93. The number of rotatable bonds is 5. The highest BCUT2D eigenvalue weighted by Gasteiger charge is 2.19. The first-order chi connectivity index (χ1) is 17.9. The Morgan fingerprint density at radius 2 is 1.51 bits per heavy atom. The highest BCUT2D eigenvalue weighted by atomic mass is 35.5. The first-order valence-corrected chi connectivity index (χ1v) is 12.7. The predicted octanol–water partition coefficient (Wildman–Crippen LogP) is 1.33. The lowest BCUT2D eigenvalue weighted by Gasteiger charge is -2.33. The molecule has 0 amide bonds. The average molecular weight is 537 g/mol. The molecule has 0 aliphatic carbocycles. The monoisotopic (exact) mass is 536 g/mol. The zero-order valence-electron chi connectivity index (χ0n) is 21.9. The Morgan fingerprint density at radius 1 is 0.892 bits per heavy atom. The standard InChI is InChI=1S/C12H18N4O2.C6H5ClN2O2.C6H14N2/c1-3-9-8-16(5-4-13-9)11-7-14-10(6-15-11)12(17)18-2;1-11-6(10)4-2-9-5(7)3-8-4;1-2-6-5-7-3-4-8-6/h6-7,9,13H,3-5,8H2,1-2H3;2-3H,1H3;6-8H,2-5H2,1H3/t9-;;6-/m0.0/s1. The molecule has 2 saturated heterocycles. The van der Waals surface area contributed by atoms with Gasteiger partial charge in [-0.25, -0.2) is 29.5 Å². The summed E-state index contributed by atoms with van der Waals surface area (Å²) in [4.78, 5) is 39.9. The van der Waals surface area contributed by atoms with E-state index in [-0.39, 0.29) is 16.5 Å². The number of anilines is 1. The summed E-state index contributed by atoms with van der Waals surface area (Å²) in [6.07, 6.45) is 7.97. The predicted molar refractivity (Wildman–Crippen MR) is 141 cm³/mol. The smallest absolute Gasteiger partial charge is 0.358 e. The van der Waals surface area contributed by atoms with Crippen molar-refractivity contribution in [3.8, 4) is 0 Å². The number of methoxy groups -OCH3 is 2. The van der Waals surface area contributed by atoms with Crippen LogP contribution >= 0.6 is 11.6 Å². The molecule has 0 radical (unpaired) electrons. The van der Waals surface area contributed by atoms with Gasteiger partial charge in [-0.2, -0.15) is 0 Å². The maximum Gasteiger partial charge on any atom is 0.358 e. The van der Waals surface area contributed by atoms with Crippen LogP contribution < -0.4 is 20.9 Å². The molecule has 2 aromatic rings. The molecule has 3 N–H and O–H groups in total. The van der Waals surface area contributed by atoms with Gasteiger partial charge >= 0.3 is 11.9 Å². The molecular weight excluding hydrogens is 500 g/mol. The Labute approximate surface area is 222 Å². The van der Waals surface area contributed by atoms with Crippen molar-refractivity contribution in [3.05, 3.63) is 41.3 Å². The van der Waals surface area contributed by atoms with Gasteiger partial charge in [-0.1, -0.05) is 25.4 Å². The zero-order valence-corrected chi connectivity index (χ0v) is 22.6. The fraction of sp³-hybridized carbons (Fsp3) is 0.583. The lowest BCUT2D eigenvalue weighted by Crippen LogP contribution is -2.50. The van der Waals surface area contributed by atoms with Gasteiger partial charge in [0.1, 0.15) is 11.0 Å². The molecule has 2 aliphatic heterocycles. The summed E-state index contributed by atoms with van der Waals surface area (Å²) in [5, 5.41) is 10.4. The molecule has 12 nitrogen and oxygen atoms in total. The number of aromatic nitrogens is 4. The van der Waals surface area contributed by atoms with E-state index in [0.29, 0.717) is 6.04 Å². The number of piperazine rings is 2. The van der Waals surface area contributed by atoms with E-state index >= 15 is 0 Å². The summed E-state index contributed by atoms with van der Waals surface area (Å²) in [6, 6.07) is 1.21. The fourth-order valence-corrected chi connectivity index (χ4v) is 3.62. The van der Waals surface area contributed by atoms with E-state index in [9.17, 15) is 9.59 Å².